The van der Waals surface area contributed by atoms with Gasteiger partial charge in [0.2, 0.25) is 5.91 Å². The van der Waals surface area contributed by atoms with Gasteiger partial charge in [0.15, 0.2) is 0 Å². The number of hydrogen-bond donors (Lipinski definition) is 2. The number of halogens is 1. The third-order valence-corrected chi connectivity index (χ3v) is 5.65. The molecule has 2 aliphatic rings. The molecule has 2 N–H and O–H groups in total. The van der Waals surface area contributed by atoms with E-state index in [1.54, 1.807) is 6.07 Å². The van der Waals surface area contributed by atoms with Gasteiger partial charge >= 0.3 is 0 Å². The second kappa shape index (κ2) is 6.75. The lowest BCUT2D eigenvalue weighted by Gasteiger charge is -2.28. The Morgan fingerprint density at radius 2 is 2.12 bits per heavy atom. The van der Waals surface area contributed by atoms with E-state index in [1.165, 1.54) is 25.0 Å². The number of nitrogens with zero attached hydrogens (tertiary/aromatic N) is 2. The number of piperidine rings is 1. The smallest absolute Gasteiger partial charge is 0.220 e. The minimum Gasteiger partial charge on any atom is -0.356 e. The fraction of sp³-hybridized carbons (Fsp3) is 0.579. The molecular formula is C19H25FN4O. The van der Waals surface area contributed by atoms with Crippen molar-refractivity contribution in [1.82, 2.24) is 20.2 Å². The number of hydrogen-bond acceptors (Lipinski definition) is 3. The second-order valence-electron chi connectivity index (χ2n) is 7.50. The topological polar surface area (TPSA) is 59.0 Å². The van der Waals surface area contributed by atoms with Gasteiger partial charge in [0.1, 0.15) is 11.6 Å². The number of imidazole rings is 1. The van der Waals surface area contributed by atoms with Crippen molar-refractivity contribution in [2.24, 2.45) is 13.0 Å². The molecule has 2 aliphatic heterocycles. The molecule has 2 unspecified atom stereocenters. The van der Waals surface area contributed by atoms with Gasteiger partial charge in [-0.1, -0.05) is 0 Å². The summed E-state index contributed by atoms with van der Waals surface area (Å²) < 4.78 is 15.3. The Hall–Kier alpha value is -1.95. The van der Waals surface area contributed by atoms with Crippen molar-refractivity contribution in [2.45, 2.75) is 50.6 Å². The average Bonchev–Trinajstić information content (AvgIpc) is 3.07. The Labute approximate surface area is 147 Å². The van der Waals surface area contributed by atoms with Crippen molar-refractivity contribution in [2.75, 3.05) is 6.54 Å². The van der Waals surface area contributed by atoms with Crippen molar-refractivity contribution in [1.29, 1.82) is 0 Å². The summed E-state index contributed by atoms with van der Waals surface area (Å²) in [5.74, 6) is 1.23. The van der Waals surface area contributed by atoms with Crippen LogP contribution in [0.25, 0.3) is 11.0 Å². The summed E-state index contributed by atoms with van der Waals surface area (Å²) in [6, 6.07) is 5.88. The van der Waals surface area contributed by atoms with Crippen LogP contribution in [0, 0.1) is 11.7 Å². The normalized spacial score (nSPS) is 25.4. The molecule has 4 rings (SSSR count). The molecule has 2 atom stereocenters. The summed E-state index contributed by atoms with van der Waals surface area (Å²) in [6.45, 7) is 0.566. The van der Waals surface area contributed by atoms with E-state index in [0.29, 0.717) is 42.9 Å². The molecule has 2 fully saturated rings. The highest BCUT2D eigenvalue weighted by Crippen LogP contribution is 2.32. The van der Waals surface area contributed by atoms with Crippen LogP contribution in [0.5, 0.6) is 0 Å². The van der Waals surface area contributed by atoms with Gasteiger partial charge in [0.05, 0.1) is 11.0 Å². The van der Waals surface area contributed by atoms with Gasteiger partial charge in [-0.25, -0.2) is 9.37 Å². The molecule has 0 radical (unpaired) electrons. The molecule has 1 aromatic heterocycles. The summed E-state index contributed by atoms with van der Waals surface area (Å²) in [4.78, 5) is 16.7. The van der Waals surface area contributed by atoms with E-state index in [-0.39, 0.29) is 11.7 Å². The molecule has 2 bridgehead atoms. The minimum absolute atomic E-state index is 0.135. The Morgan fingerprint density at radius 1 is 1.36 bits per heavy atom. The van der Waals surface area contributed by atoms with Crippen molar-refractivity contribution >= 4 is 16.9 Å². The van der Waals surface area contributed by atoms with E-state index >= 15 is 0 Å². The highest BCUT2D eigenvalue weighted by Gasteiger charge is 2.34. The fourth-order valence-corrected chi connectivity index (χ4v) is 4.44. The van der Waals surface area contributed by atoms with E-state index < -0.39 is 0 Å². The van der Waals surface area contributed by atoms with Gasteiger partial charge < -0.3 is 15.2 Å². The number of fused-ring (bicyclic) bond motifs is 3. The molecule has 2 saturated heterocycles. The summed E-state index contributed by atoms with van der Waals surface area (Å²) >= 11 is 0. The molecule has 3 heterocycles. The van der Waals surface area contributed by atoms with E-state index in [4.69, 9.17) is 0 Å². The van der Waals surface area contributed by atoms with Crippen LogP contribution in [0.2, 0.25) is 0 Å². The van der Waals surface area contributed by atoms with Gasteiger partial charge in [0.25, 0.3) is 0 Å². The van der Waals surface area contributed by atoms with Crippen molar-refractivity contribution in [3.63, 3.8) is 0 Å². The largest absolute Gasteiger partial charge is 0.356 e. The Balaban J connectivity index is 1.29. The number of aryl methyl sites for hydroxylation is 1. The molecular weight excluding hydrogens is 319 g/mol. The van der Waals surface area contributed by atoms with Crippen LogP contribution in [-0.2, 0) is 18.3 Å². The zero-order valence-electron chi connectivity index (χ0n) is 14.6. The van der Waals surface area contributed by atoms with Gasteiger partial charge in [-0.05, 0) is 43.7 Å². The van der Waals surface area contributed by atoms with E-state index in [2.05, 4.69) is 15.6 Å². The number of benzene rings is 1. The van der Waals surface area contributed by atoms with Gasteiger partial charge in [-0.3, -0.25) is 4.79 Å². The maximum absolute atomic E-state index is 13.3. The van der Waals surface area contributed by atoms with Crippen molar-refractivity contribution in [3.05, 3.63) is 29.8 Å². The van der Waals surface area contributed by atoms with Crippen LogP contribution in [0.3, 0.4) is 0 Å². The second-order valence-corrected chi connectivity index (χ2v) is 7.50. The van der Waals surface area contributed by atoms with Crippen molar-refractivity contribution in [3.8, 4) is 0 Å². The van der Waals surface area contributed by atoms with E-state index in [0.717, 1.165) is 24.2 Å². The highest BCUT2D eigenvalue weighted by atomic mass is 19.1. The van der Waals surface area contributed by atoms with E-state index in [9.17, 15) is 9.18 Å². The quantitative estimate of drug-likeness (QED) is 0.875. The molecule has 1 amide bonds. The first kappa shape index (κ1) is 16.5. The molecule has 134 valence electrons. The standard InChI is InChI=1S/C19H25FN4O/c1-24-17-5-2-13(20)11-16(17)23-18(24)6-7-21-19(25)10-12-8-14-3-4-15(9-12)22-14/h2,5,11-12,14-15,22H,3-4,6-10H2,1H3,(H,21,25). The maximum atomic E-state index is 13.3. The van der Waals surface area contributed by atoms with Gasteiger partial charge in [0, 0.05) is 44.6 Å². The molecule has 0 saturated carbocycles. The lowest BCUT2D eigenvalue weighted by Crippen LogP contribution is -2.39. The van der Waals surface area contributed by atoms with Crippen LogP contribution in [0.1, 0.15) is 37.9 Å². The number of rotatable bonds is 5. The fourth-order valence-electron chi connectivity index (χ4n) is 4.44. The Kier molecular flexibility index (Phi) is 4.46. The molecule has 6 heteroatoms. The maximum Gasteiger partial charge on any atom is 0.220 e. The van der Waals surface area contributed by atoms with Crippen molar-refractivity contribution < 1.29 is 9.18 Å². The number of nitrogens with one attached hydrogen (secondary N) is 2. The average molecular weight is 344 g/mol. The summed E-state index contributed by atoms with van der Waals surface area (Å²) in [6.07, 6.45) is 6.05. The van der Waals surface area contributed by atoms with Crippen LogP contribution in [0.15, 0.2) is 18.2 Å². The predicted octanol–water partition coefficient (Wildman–Crippen LogP) is 2.29. The molecule has 25 heavy (non-hydrogen) atoms. The first-order valence-electron chi connectivity index (χ1n) is 9.22. The predicted molar refractivity (Wildman–Crippen MR) is 94.7 cm³/mol. The van der Waals surface area contributed by atoms with E-state index in [1.807, 2.05) is 11.6 Å². The van der Waals surface area contributed by atoms with Gasteiger partial charge in [-0.15, -0.1) is 0 Å². The summed E-state index contributed by atoms with van der Waals surface area (Å²) in [5, 5.41) is 6.64. The number of carbonyl (C=O) groups excluding carboxylic acids is 1. The van der Waals surface area contributed by atoms with Crippen LogP contribution in [-0.4, -0.2) is 34.1 Å². The number of aromatic nitrogens is 2. The third kappa shape index (κ3) is 3.54. The monoisotopic (exact) mass is 344 g/mol. The highest BCUT2D eigenvalue weighted by molar-refractivity contribution is 5.77. The third-order valence-electron chi connectivity index (χ3n) is 5.65. The lowest BCUT2D eigenvalue weighted by molar-refractivity contribution is -0.122. The van der Waals surface area contributed by atoms with Crippen LogP contribution in [0.4, 0.5) is 4.39 Å². The Morgan fingerprint density at radius 3 is 2.88 bits per heavy atom. The number of amides is 1. The van der Waals surface area contributed by atoms with Gasteiger partial charge in [-0.2, -0.15) is 0 Å². The van der Waals surface area contributed by atoms with Crippen LogP contribution >= 0.6 is 0 Å². The SMILES string of the molecule is Cn1c(CCNC(=O)CC2CC3CCC(C2)N3)nc2cc(F)ccc21. The minimum atomic E-state index is -0.276. The molecule has 0 spiro atoms. The number of carbonyl (C=O) groups is 1. The first-order valence-corrected chi connectivity index (χ1v) is 9.22. The molecule has 2 aromatic rings. The Bertz CT molecular complexity index is 775. The zero-order valence-corrected chi connectivity index (χ0v) is 14.6. The summed E-state index contributed by atoms with van der Waals surface area (Å²) in [5.41, 5.74) is 1.57. The molecule has 5 nitrogen and oxygen atoms in total. The lowest BCUT2D eigenvalue weighted by atomic mass is 9.89. The zero-order chi connectivity index (χ0) is 17.4. The van der Waals surface area contributed by atoms with Crippen LogP contribution < -0.4 is 10.6 Å². The first-order chi connectivity index (χ1) is 12.1. The molecule has 0 aliphatic carbocycles. The molecule has 1 aromatic carbocycles. The summed E-state index contributed by atoms with van der Waals surface area (Å²) in [7, 11) is 1.93.